The minimum Gasteiger partial charge on any atom is -0.387 e. The molecule has 0 spiro atoms. The van der Waals surface area contributed by atoms with Gasteiger partial charge in [0.25, 0.3) is 5.91 Å². The van der Waals surface area contributed by atoms with Gasteiger partial charge in [-0.3, -0.25) is 9.78 Å². The van der Waals surface area contributed by atoms with E-state index in [1.54, 1.807) is 31.2 Å². The van der Waals surface area contributed by atoms with Crippen molar-refractivity contribution in [2.45, 2.75) is 37.3 Å². The maximum Gasteiger partial charge on any atom is 0.251 e. The first-order valence-corrected chi connectivity index (χ1v) is 8.39. The SMILES string of the molecule is C[C@H]1O[C@@H](c2cccc(F)c2)C[C@@](O)(CNC(=O)c2ccncc2)[C@@H]1O. The highest BCUT2D eigenvalue weighted by molar-refractivity contribution is 5.94. The Morgan fingerprint density at radius 1 is 1.38 bits per heavy atom. The largest absolute Gasteiger partial charge is 0.387 e. The van der Waals surface area contributed by atoms with Crippen LogP contribution >= 0.6 is 0 Å². The Morgan fingerprint density at radius 3 is 2.81 bits per heavy atom. The Hall–Kier alpha value is -2.35. The fourth-order valence-electron chi connectivity index (χ4n) is 3.18. The van der Waals surface area contributed by atoms with E-state index < -0.39 is 29.7 Å². The number of carbonyl (C=O) groups is 1. The molecule has 0 radical (unpaired) electrons. The van der Waals surface area contributed by atoms with E-state index >= 15 is 0 Å². The lowest BCUT2D eigenvalue weighted by atomic mass is 9.82. The second-order valence-electron chi connectivity index (χ2n) is 6.56. The summed E-state index contributed by atoms with van der Waals surface area (Å²) in [6, 6.07) is 9.04. The average Bonchev–Trinajstić information content (AvgIpc) is 2.65. The highest BCUT2D eigenvalue weighted by Gasteiger charge is 2.47. The second kappa shape index (κ2) is 7.49. The molecule has 0 unspecified atom stereocenters. The molecule has 0 aliphatic carbocycles. The van der Waals surface area contributed by atoms with Gasteiger partial charge in [0.15, 0.2) is 0 Å². The number of pyridine rings is 1. The van der Waals surface area contributed by atoms with Gasteiger partial charge in [-0.25, -0.2) is 4.39 Å². The average molecular weight is 360 g/mol. The summed E-state index contributed by atoms with van der Waals surface area (Å²) in [5.74, 6) is -0.783. The molecule has 2 heterocycles. The van der Waals surface area contributed by atoms with Gasteiger partial charge in [0.2, 0.25) is 0 Å². The molecule has 1 amide bonds. The summed E-state index contributed by atoms with van der Waals surface area (Å²) < 4.78 is 19.2. The molecular weight excluding hydrogens is 339 g/mol. The Labute approximate surface area is 150 Å². The number of nitrogens with one attached hydrogen (secondary N) is 1. The van der Waals surface area contributed by atoms with Crippen molar-refractivity contribution in [3.8, 4) is 0 Å². The van der Waals surface area contributed by atoms with Crippen molar-refractivity contribution in [2.75, 3.05) is 6.54 Å². The molecule has 26 heavy (non-hydrogen) atoms. The van der Waals surface area contributed by atoms with Gasteiger partial charge in [0.1, 0.15) is 17.5 Å². The molecule has 1 saturated heterocycles. The topological polar surface area (TPSA) is 91.7 Å². The van der Waals surface area contributed by atoms with Crippen molar-refractivity contribution < 1.29 is 24.1 Å². The standard InChI is InChI=1S/C19H21FN2O4/c1-12-17(23)19(25,11-22-18(24)13-5-7-21-8-6-13)10-16(26-12)14-3-2-4-15(20)9-14/h2-9,12,16-17,23,25H,10-11H2,1H3,(H,22,24)/t12-,16-,17-,19-/m1/s1. The molecule has 1 aromatic heterocycles. The summed E-state index contributed by atoms with van der Waals surface area (Å²) in [4.78, 5) is 16.0. The van der Waals surface area contributed by atoms with Crippen molar-refractivity contribution in [1.82, 2.24) is 10.3 Å². The lowest BCUT2D eigenvalue weighted by Gasteiger charge is -2.44. The summed E-state index contributed by atoms with van der Waals surface area (Å²) in [6.07, 6.45) is 0.555. The number of hydrogen-bond donors (Lipinski definition) is 3. The normalized spacial score (nSPS) is 28.5. The van der Waals surface area contributed by atoms with Gasteiger partial charge in [-0.1, -0.05) is 12.1 Å². The summed E-state index contributed by atoms with van der Waals surface area (Å²) in [5, 5.41) is 24.0. The van der Waals surface area contributed by atoms with Crippen LogP contribution in [0.5, 0.6) is 0 Å². The summed E-state index contributed by atoms with van der Waals surface area (Å²) in [5.41, 5.74) is -0.625. The number of carbonyl (C=O) groups excluding carboxylic acids is 1. The predicted molar refractivity (Wildman–Crippen MR) is 91.8 cm³/mol. The van der Waals surface area contributed by atoms with E-state index in [4.69, 9.17) is 4.74 Å². The van der Waals surface area contributed by atoms with Crippen molar-refractivity contribution in [2.24, 2.45) is 0 Å². The molecule has 3 rings (SSSR count). The van der Waals surface area contributed by atoms with Gasteiger partial charge in [0.05, 0.1) is 12.2 Å². The second-order valence-corrected chi connectivity index (χ2v) is 6.56. The van der Waals surface area contributed by atoms with Crippen LogP contribution in [0.4, 0.5) is 4.39 Å². The third-order valence-electron chi connectivity index (χ3n) is 4.63. The number of amides is 1. The molecule has 1 aliphatic rings. The minimum absolute atomic E-state index is 0.0264. The van der Waals surface area contributed by atoms with Crippen LogP contribution in [0.3, 0.4) is 0 Å². The van der Waals surface area contributed by atoms with Gasteiger partial charge in [-0.15, -0.1) is 0 Å². The number of halogens is 1. The van der Waals surface area contributed by atoms with E-state index in [0.717, 1.165) is 0 Å². The van der Waals surface area contributed by atoms with Crippen LogP contribution in [-0.4, -0.2) is 45.5 Å². The highest BCUT2D eigenvalue weighted by atomic mass is 19.1. The number of hydrogen-bond acceptors (Lipinski definition) is 5. The summed E-state index contributed by atoms with van der Waals surface area (Å²) >= 11 is 0. The smallest absolute Gasteiger partial charge is 0.251 e. The van der Waals surface area contributed by atoms with E-state index in [-0.39, 0.29) is 18.9 Å². The number of rotatable bonds is 4. The van der Waals surface area contributed by atoms with Crippen LogP contribution in [0.15, 0.2) is 48.8 Å². The monoisotopic (exact) mass is 360 g/mol. The molecule has 1 fully saturated rings. The van der Waals surface area contributed by atoms with Crippen LogP contribution < -0.4 is 5.32 Å². The fraction of sp³-hybridized carbons (Fsp3) is 0.368. The van der Waals surface area contributed by atoms with Gasteiger partial charge in [-0.05, 0) is 36.8 Å². The van der Waals surface area contributed by atoms with E-state index in [1.807, 2.05) is 0 Å². The molecule has 0 saturated carbocycles. The maximum atomic E-state index is 13.5. The Morgan fingerprint density at radius 2 is 2.12 bits per heavy atom. The first kappa shape index (κ1) is 18.4. The minimum atomic E-state index is -1.60. The molecule has 6 nitrogen and oxygen atoms in total. The zero-order valence-electron chi connectivity index (χ0n) is 14.3. The molecule has 3 N–H and O–H groups in total. The number of benzene rings is 1. The van der Waals surface area contributed by atoms with Crippen LogP contribution in [0, 0.1) is 5.82 Å². The third-order valence-corrected chi connectivity index (χ3v) is 4.63. The third kappa shape index (κ3) is 3.90. The van der Waals surface area contributed by atoms with Crippen molar-refractivity contribution in [3.63, 3.8) is 0 Å². The van der Waals surface area contributed by atoms with Crippen molar-refractivity contribution >= 4 is 5.91 Å². The van der Waals surface area contributed by atoms with Gasteiger partial charge in [-0.2, -0.15) is 0 Å². The van der Waals surface area contributed by atoms with Gasteiger partial charge >= 0.3 is 0 Å². The molecule has 2 aromatic rings. The Kier molecular flexibility index (Phi) is 5.31. The fourth-order valence-corrected chi connectivity index (χ4v) is 3.18. The highest BCUT2D eigenvalue weighted by Crippen LogP contribution is 2.37. The summed E-state index contributed by atoms with van der Waals surface area (Å²) in [6.45, 7) is 1.47. The Bertz CT molecular complexity index is 773. The number of ether oxygens (including phenoxy) is 1. The van der Waals surface area contributed by atoms with Gasteiger partial charge < -0.3 is 20.3 Å². The van der Waals surface area contributed by atoms with E-state index in [1.165, 1.54) is 24.5 Å². The lowest BCUT2D eigenvalue weighted by Crippen LogP contribution is -2.59. The van der Waals surface area contributed by atoms with Crippen LogP contribution in [0.25, 0.3) is 0 Å². The number of nitrogens with zero attached hydrogens (tertiary/aromatic N) is 1. The molecule has 1 aromatic carbocycles. The molecule has 4 atom stereocenters. The van der Waals surface area contributed by atoms with Gasteiger partial charge in [0, 0.05) is 30.9 Å². The number of aromatic nitrogens is 1. The van der Waals surface area contributed by atoms with E-state index in [2.05, 4.69) is 10.3 Å². The number of aliphatic hydroxyl groups is 2. The lowest BCUT2D eigenvalue weighted by molar-refractivity contribution is -0.210. The molecule has 0 bridgehead atoms. The molecule has 138 valence electrons. The first-order valence-electron chi connectivity index (χ1n) is 8.39. The van der Waals surface area contributed by atoms with Crippen molar-refractivity contribution in [1.29, 1.82) is 0 Å². The summed E-state index contributed by atoms with van der Waals surface area (Å²) in [7, 11) is 0. The van der Waals surface area contributed by atoms with E-state index in [0.29, 0.717) is 11.1 Å². The zero-order valence-corrected chi connectivity index (χ0v) is 14.3. The maximum absolute atomic E-state index is 13.5. The molecule has 1 aliphatic heterocycles. The van der Waals surface area contributed by atoms with Crippen LogP contribution in [0.1, 0.15) is 35.4 Å². The predicted octanol–water partition coefficient (Wildman–Crippen LogP) is 1.59. The Balaban J connectivity index is 1.74. The van der Waals surface area contributed by atoms with Crippen LogP contribution in [0.2, 0.25) is 0 Å². The zero-order chi connectivity index (χ0) is 18.7. The van der Waals surface area contributed by atoms with Crippen LogP contribution in [-0.2, 0) is 4.74 Å². The molecular formula is C19H21FN2O4. The van der Waals surface area contributed by atoms with E-state index in [9.17, 15) is 19.4 Å². The quantitative estimate of drug-likeness (QED) is 0.770. The number of aliphatic hydroxyl groups excluding tert-OH is 1. The van der Waals surface area contributed by atoms with Crippen molar-refractivity contribution in [3.05, 3.63) is 65.7 Å². The molecule has 7 heteroatoms. The first-order chi connectivity index (χ1) is 12.4.